The van der Waals surface area contributed by atoms with E-state index in [-0.39, 0.29) is 14.9 Å². The van der Waals surface area contributed by atoms with Crippen molar-refractivity contribution in [2.45, 2.75) is 82.6 Å². The Bertz CT molecular complexity index is 156. The quantitative estimate of drug-likeness (QED) is 0.409. The molecule has 0 atom stereocenters. The largest absolute Gasteiger partial charge is 0.385 e. The van der Waals surface area contributed by atoms with Crippen LogP contribution >= 0.6 is 0 Å². The second-order valence-electron chi connectivity index (χ2n) is 6.73. The highest BCUT2D eigenvalue weighted by molar-refractivity contribution is 4.41. The van der Waals surface area contributed by atoms with Crippen molar-refractivity contribution in [1.29, 1.82) is 0 Å². The van der Waals surface area contributed by atoms with Crippen LogP contribution in [0.15, 0.2) is 0 Å². The van der Waals surface area contributed by atoms with Crippen molar-refractivity contribution in [3.8, 4) is 0 Å². The fourth-order valence-corrected chi connectivity index (χ4v) is 1.17. The van der Waals surface area contributed by atoms with Crippen LogP contribution in [-0.2, 0) is 14.2 Å². The average Bonchev–Trinajstić information content (AvgIpc) is 2.44. The van der Waals surface area contributed by atoms with Crippen molar-refractivity contribution in [3.63, 3.8) is 0 Å². The molecular weight excluding hydrogens is 300 g/mol. The minimum Gasteiger partial charge on any atom is -0.385 e. The molecule has 0 amide bonds. The third-order valence-electron chi connectivity index (χ3n) is 2.84. The molecule has 0 spiro atoms. The van der Waals surface area contributed by atoms with Gasteiger partial charge in [-0.25, -0.2) is 0 Å². The van der Waals surface area contributed by atoms with E-state index in [0.717, 1.165) is 44.2 Å². The van der Waals surface area contributed by atoms with Gasteiger partial charge in [-0.05, 0) is 43.9 Å². The molecule has 24 heavy (non-hydrogen) atoms. The summed E-state index contributed by atoms with van der Waals surface area (Å²) in [5.74, 6) is 2.33. The lowest BCUT2D eigenvalue weighted by molar-refractivity contribution is 0.136. The van der Waals surface area contributed by atoms with Crippen LogP contribution in [0.3, 0.4) is 0 Å². The zero-order valence-electron chi connectivity index (χ0n) is 16.9. The molecule has 0 bridgehead atoms. The molecule has 0 aromatic carbocycles. The van der Waals surface area contributed by atoms with Gasteiger partial charge in [-0.1, -0.05) is 56.4 Å². The molecule has 0 aliphatic carbocycles. The predicted molar refractivity (Wildman–Crippen MR) is 112 cm³/mol. The van der Waals surface area contributed by atoms with Gasteiger partial charge in [0.1, 0.15) is 0 Å². The van der Waals surface area contributed by atoms with Gasteiger partial charge in [0.05, 0.1) is 0 Å². The fraction of sp³-hybridized carbons (Fsp3) is 1.00. The van der Waals surface area contributed by atoms with Crippen molar-refractivity contribution >= 4 is 0 Å². The van der Waals surface area contributed by atoms with Gasteiger partial charge in [0.15, 0.2) is 0 Å². The van der Waals surface area contributed by atoms with E-state index in [4.69, 9.17) is 14.2 Å². The van der Waals surface area contributed by atoms with E-state index >= 15 is 0 Å². The second-order valence-corrected chi connectivity index (χ2v) is 6.73. The molecule has 0 saturated heterocycles. The molecule has 3 nitrogen and oxygen atoms in total. The van der Waals surface area contributed by atoms with Crippen molar-refractivity contribution in [3.05, 3.63) is 0 Å². The maximum atomic E-state index is 5.14. The van der Waals surface area contributed by atoms with Crippen LogP contribution in [0, 0.1) is 17.8 Å². The summed E-state index contributed by atoms with van der Waals surface area (Å²) in [5.41, 5.74) is 0. The van der Waals surface area contributed by atoms with Gasteiger partial charge in [0.2, 0.25) is 0 Å². The summed E-state index contributed by atoms with van der Waals surface area (Å²) in [4.78, 5) is 0. The van der Waals surface area contributed by atoms with Gasteiger partial charge in [0, 0.05) is 40.6 Å². The summed E-state index contributed by atoms with van der Waals surface area (Å²) in [5, 5.41) is 0. The first-order valence-electron chi connectivity index (χ1n) is 8.87. The molecule has 0 aromatic rings. The number of rotatable bonds is 10. The molecule has 154 valence electrons. The van der Waals surface area contributed by atoms with Gasteiger partial charge < -0.3 is 14.2 Å². The molecule has 0 N–H and O–H groups in total. The summed E-state index contributed by atoms with van der Waals surface area (Å²) in [6.07, 6.45) is 3.54. The summed E-state index contributed by atoms with van der Waals surface area (Å²) in [6.45, 7) is 18.8. The SMILES string of the molecule is C.C.CCOCCC(C)C.COCCC(C)C.COCCC(C)C. The lowest BCUT2D eigenvalue weighted by Gasteiger charge is -2.02. The summed E-state index contributed by atoms with van der Waals surface area (Å²) in [7, 11) is 3.48. The molecule has 0 fully saturated rings. The molecule has 0 heterocycles. The van der Waals surface area contributed by atoms with Gasteiger partial charge in [-0.2, -0.15) is 0 Å². The predicted octanol–water partition coefficient (Wildman–Crippen LogP) is 6.70. The van der Waals surface area contributed by atoms with Crippen LogP contribution in [0.2, 0.25) is 0 Å². The molecule has 0 unspecified atom stereocenters. The van der Waals surface area contributed by atoms with Crippen LogP contribution < -0.4 is 0 Å². The van der Waals surface area contributed by atoms with Crippen LogP contribution in [0.4, 0.5) is 0 Å². The van der Waals surface area contributed by atoms with Gasteiger partial charge >= 0.3 is 0 Å². The normalized spacial score (nSPS) is 9.50. The van der Waals surface area contributed by atoms with Crippen molar-refractivity contribution in [2.24, 2.45) is 17.8 Å². The fourth-order valence-electron chi connectivity index (χ4n) is 1.17. The molecule has 0 aromatic heterocycles. The highest BCUT2D eigenvalue weighted by Crippen LogP contribution is 1.98. The third-order valence-corrected chi connectivity index (χ3v) is 2.84. The topological polar surface area (TPSA) is 27.7 Å². The van der Waals surface area contributed by atoms with Crippen LogP contribution in [0.25, 0.3) is 0 Å². The van der Waals surface area contributed by atoms with Crippen LogP contribution in [-0.4, -0.2) is 40.6 Å². The lowest BCUT2D eigenvalue weighted by Crippen LogP contribution is -1.97. The first-order chi connectivity index (χ1) is 10.3. The van der Waals surface area contributed by atoms with E-state index in [2.05, 4.69) is 41.5 Å². The van der Waals surface area contributed by atoms with Crippen LogP contribution in [0.5, 0.6) is 0 Å². The Hall–Kier alpha value is -0.120. The zero-order valence-corrected chi connectivity index (χ0v) is 16.9. The number of hydrogen-bond acceptors (Lipinski definition) is 3. The Morgan fingerprint density at radius 1 is 0.583 bits per heavy atom. The van der Waals surface area contributed by atoms with Crippen molar-refractivity contribution in [1.82, 2.24) is 0 Å². The van der Waals surface area contributed by atoms with E-state index in [0.29, 0.717) is 0 Å². The lowest BCUT2D eigenvalue weighted by atomic mass is 10.1. The monoisotopic (exact) mass is 352 g/mol. The second kappa shape index (κ2) is 30.7. The van der Waals surface area contributed by atoms with E-state index in [1.54, 1.807) is 14.2 Å². The Labute approximate surface area is 155 Å². The third kappa shape index (κ3) is 57.5. The zero-order chi connectivity index (χ0) is 17.8. The van der Waals surface area contributed by atoms with Crippen LogP contribution in [0.1, 0.15) is 82.6 Å². The molecule has 0 saturated carbocycles. The Kier molecular flexibility index (Phi) is 44.9. The smallest absolute Gasteiger partial charge is 0.0468 e. The Balaban J connectivity index is -0.0000000724. The molecule has 3 heteroatoms. The van der Waals surface area contributed by atoms with E-state index in [1.165, 1.54) is 19.3 Å². The first-order valence-corrected chi connectivity index (χ1v) is 8.87. The van der Waals surface area contributed by atoms with Crippen molar-refractivity contribution in [2.75, 3.05) is 40.6 Å². The number of methoxy groups -OCH3 is 2. The Morgan fingerprint density at radius 2 is 0.875 bits per heavy atom. The van der Waals surface area contributed by atoms with E-state index in [1.807, 2.05) is 6.92 Å². The minimum atomic E-state index is 0. The summed E-state index contributed by atoms with van der Waals surface area (Å²) in [6, 6.07) is 0. The maximum Gasteiger partial charge on any atom is 0.0468 e. The van der Waals surface area contributed by atoms with Crippen molar-refractivity contribution < 1.29 is 14.2 Å². The number of ether oxygens (including phenoxy) is 3. The molecule has 0 rings (SSSR count). The van der Waals surface area contributed by atoms with Gasteiger partial charge in [0.25, 0.3) is 0 Å². The molecule has 0 aliphatic heterocycles. The molecule has 0 radical (unpaired) electrons. The summed E-state index contributed by atoms with van der Waals surface area (Å²) >= 11 is 0. The van der Waals surface area contributed by atoms with E-state index < -0.39 is 0 Å². The minimum absolute atomic E-state index is 0. The Morgan fingerprint density at radius 3 is 1.04 bits per heavy atom. The highest BCUT2D eigenvalue weighted by atomic mass is 16.5. The van der Waals surface area contributed by atoms with E-state index in [9.17, 15) is 0 Å². The highest BCUT2D eigenvalue weighted by Gasteiger charge is 1.91. The summed E-state index contributed by atoms with van der Waals surface area (Å²) < 4.78 is 14.8. The van der Waals surface area contributed by atoms with Gasteiger partial charge in [-0.3, -0.25) is 0 Å². The van der Waals surface area contributed by atoms with Gasteiger partial charge in [-0.15, -0.1) is 0 Å². The first kappa shape index (κ1) is 35.1. The number of hydrogen-bond donors (Lipinski definition) is 0. The standard InChI is InChI=1S/C7H16O.2C6H14O.2CH4/c1-4-8-6-5-7(2)3;2*1-6(2)4-5-7-3;;/h7H,4-6H2,1-3H3;2*6H,4-5H2,1-3H3;2*1H4. The molecular formula is C21H52O3. The average molecular weight is 353 g/mol. The molecule has 0 aliphatic rings. The maximum absolute atomic E-state index is 5.14.